The van der Waals surface area contributed by atoms with Crippen LogP contribution in [-0.4, -0.2) is 63.9 Å². The van der Waals surface area contributed by atoms with Crippen LogP contribution in [0.25, 0.3) is 0 Å². The second kappa shape index (κ2) is 8.91. The molecule has 1 saturated heterocycles. The fourth-order valence-electron chi connectivity index (χ4n) is 2.62. The van der Waals surface area contributed by atoms with Crippen LogP contribution in [-0.2, 0) is 0 Å². The Hall–Kier alpha value is -2.83. The Morgan fingerprint density at radius 1 is 1.18 bits per heavy atom. The maximum absolute atomic E-state index is 12.3. The molecule has 2 heterocycles. The summed E-state index contributed by atoms with van der Waals surface area (Å²) in [6, 6.07) is 6.83. The highest BCUT2D eigenvalue weighted by atomic mass is 79.9. The van der Waals surface area contributed by atoms with Gasteiger partial charge in [-0.2, -0.15) is 0 Å². The number of hydrogen-bond donors (Lipinski definition) is 3. The van der Waals surface area contributed by atoms with E-state index in [1.54, 1.807) is 24.3 Å². The number of rotatable bonds is 6. The number of likely N-dealkylation sites (N-methyl/N-ethyl adjacent to an activating group) is 1. The van der Waals surface area contributed by atoms with Gasteiger partial charge in [-0.15, -0.1) is 0 Å². The maximum atomic E-state index is 12.3. The molecule has 0 saturated carbocycles. The normalized spacial score (nSPS) is 15.1. The van der Waals surface area contributed by atoms with Crippen molar-refractivity contribution in [3.8, 4) is 0 Å². The molecule has 3 N–H and O–H groups in total. The number of halogens is 1. The molecule has 0 aliphatic carbocycles. The van der Waals surface area contributed by atoms with Gasteiger partial charge < -0.3 is 4.90 Å². The Labute approximate surface area is 169 Å². The third-order valence-corrected chi connectivity index (χ3v) is 4.88. The van der Waals surface area contributed by atoms with E-state index < -0.39 is 10.8 Å². The topological polar surface area (TPSA) is 129 Å². The van der Waals surface area contributed by atoms with Gasteiger partial charge in [-0.05, 0) is 35.1 Å². The highest BCUT2D eigenvalue weighted by Crippen LogP contribution is 2.29. The number of aromatic nitrogens is 2. The van der Waals surface area contributed by atoms with Crippen LogP contribution in [0.15, 0.2) is 35.1 Å². The minimum absolute atomic E-state index is 0.0576. The van der Waals surface area contributed by atoms with Gasteiger partial charge in [0.25, 0.3) is 5.91 Å². The fraction of sp³-hybridized carbons (Fsp3) is 0.312. The number of hydrazine groups is 2. The molecule has 1 amide bonds. The van der Waals surface area contributed by atoms with Crippen molar-refractivity contribution in [1.82, 2.24) is 25.3 Å². The van der Waals surface area contributed by atoms with Crippen LogP contribution in [0, 0.1) is 10.1 Å². The number of piperazine rings is 1. The average Bonchev–Trinajstić information content (AvgIpc) is 2.68. The van der Waals surface area contributed by atoms with Gasteiger partial charge in [0.05, 0.1) is 10.5 Å². The van der Waals surface area contributed by atoms with E-state index in [2.05, 4.69) is 47.1 Å². The monoisotopic (exact) mass is 450 g/mol. The molecule has 3 rings (SSSR count). The van der Waals surface area contributed by atoms with E-state index in [1.807, 2.05) is 12.1 Å². The predicted octanol–water partition coefficient (Wildman–Crippen LogP) is 1.48. The maximum Gasteiger partial charge on any atom is 0.356 e. The minimum atomic E-state index is -0.592. The molecule has 1 aromatic heterocycles. The van der Waals surface area contributed by atoms with Crippen LogP contribution in [0.3, 0.4) is 0 Å². The molecule has 0 atom stereocenters. The Morgan fingerprint density at radius 2 is 1.86 bits per heavy atom. The molecule has 11 nitrogen and oxygen atoms in total. The van der Waals surface area contributed by atoms with Gasteiger partial charge in [0.2, 0.25) is 11.6 Å². The Bertz CT molecular complexity index is 873. The highest BCUT2D eigenvalue weighted by Gasteiger charge is 2.26. The first-order valence-electron chi connectivity index (χ1n) is 8.46. The largest absolute Gasteiger partial charge is 0.356 e. The SMILES string of the molecule is CN1CCN(Nc2ncnc(NNC(=O)c3ccccc3Br)c2[N+](=O)[O-])CC1. The van der Waals surface area contributed by atoms with Crippen LogP contribution in [0.2, 0.25) is 0 Å². The van der Waals surface area contributed by atoms with Crippen LogP contribution in [0.5, 0.6) is 0 Å². The van der Waals surface area contributed by atoms with E-state index in [0.29, 0.717) is 23.1 Å². The van der Waals surface area contributed by atoms with Crippen molar-refractivity contribution in [2.45, 2.75) is 0 Å². The number of hydrogen-bond acceptors (Lipinski definition) is 9. The molecule has 1 aliphatic heterocycles. The molecule has 1 aromatic carbocycles. The lowest BCUT2D eigenvalue weighted by Gasteiger charge is -2.32. The van der Waals surface area contributed by atoms with Gasteiger partial charge in [0.1, 0.15) is 6.33 Å². The van der Waals surface area contributed by atoms with Crippen molar-refractivity contribution in [3.05, 3.63) is 50.7 Å². The smallest absolute Gasteiger partial charge is 0.304 e. The van der Waals surface area contributed by atoms with Gasteiger partial charge in [-0.1, -0.05) is 12.1 Å². The lowest BCUT2D eigenvalue weighted by atomic mass is 10.2. The van der Waals surface area contributed by atoms with E-state index in [9.17, 15) is 14.9 Å². The quantitative estimate of drug-likeness (QED) is 0.442. The van der Waals surface area contributed by atoms with Crippen LogP contribution in [0.1, 0.15) is 10.4 Å². The Morgan fingerprint density at radius 3 is 2.54 bits per heavy atom. The molecule has 0 radical (unpaired) electrons. The van der Waals surface area contributed by atoms with Gasteiger partial charge in [-0.25, -0.2) is 15.0 Å². The summed E-state index contributed by atoms with van der Waals surface area (Å²) >= 11 is 3.29. The fourth-order valence-corrected chi connectivity index (χ4v) is 3.09. The van der Waals surface area contributed by atoms with E-state index >= 15 is 0 Å². The van der Waals surface area contributed by atoms with E-state index in [-0.39, 0.29) is 17.3 Å². The molecular weight excluding hydrogens is 432 g/mol. The third kappa shape index (κ3) is 4.71. The number of nitrogens with zero attached hydrogens (tertiary/aromatic N) is 5. The van der Waals surface area contributed by atoms with Crippen LogP contribution < -0.4 is 16.3 Å². The summed E-state index contributed by atoms with van der Waals surface area (Å²) in [6.45, 7) is 3.05. The van der Waals surface area contributed by atoms with Gasteiger partial charge in [0.15, 0.2) is 0 Å². The van der Waals surface area contributed by atoms with E-state index in [0.717, 1.165) is 13.1 Å². The Balaban J connectivity index is 1.75. The van der Waals surface area contributed by atoms with Gasteiger partial charge >= 0.3 is 5.69 Å². The molecule has 28 heavy (non-hydrogen) atoms. The standard InChI is InChI=1S/C16H19BrN8O3/c1-23-6-8-24(9-7-23)22-15-13(25(27)28)14(18-10-19-15)20-21-16(26)11-4-2-3-5-12(11)17/h2-5,10H,6-9H2,1H3,(H,21,26)(H2,18,19,20,22). The first kappa shape index (κ1) is 19.9. The van der Waals surface area contributed by atoms with Crippen molar-refractivity contribution in [2.24, 2.45) is 0 Å². The van der Waals surface area contributed by atoms with Crippen molar-refractivity contribution in [1.29, 1.82) is 0 Å². The third-order valence-electron chi connectivity index (χ3n) is 4.19. The zero-order valence-corrected chi connectivity index (χ0v) is 16.6. The number of amides is 1. The van der Waals surface area contributed by atoms with Crippen LogP contribution >= 0.6 is 15.9 Å². The number of carbonyl (C=O) groups is 1. The molecule has 12 heteroatoms. The predicted molar refractivity (Wildman–Crippen MR) is 107 cm³/mol. The van der Waals surface area contributed by atoms with Crippen molar-refractivity contribution in [3.63, 3.8) is 0 Å². The minimum Gasteiger partial charge on any atom is -0.304 e. The molecule has 0 unspecified atom stereocenters. The highest BCUT2D eigenvalue weighted by molar-refractivity contribution is 9.10. The number of benzene rings is 1. The van der Waals surface area contributed by atoms with E-state index in [4.69, 9.17) is 0 Å². The number of nitrogens with one attached hydrogen (secondary N) is 3. The Kier molecular flexibility index (Phi) is 6.34. The lowest BCUT2D eigenvalue weighted by Crippen LogP contribution is -2.47. The summed E-state index contributed by atoms with van der Waals surface area (Å²) in [4.78, 5) is 33.4. The summed E-state index contributed by atoms with van der Waals surface area (Å²) in [6.07, 6.45) is 1.19. The summed E-state index contributed by atoms with van der Waals surface area (Å²) in [5.74, 6) is -0.520. The second-order valence-electron chi connectivity index (χ2n) is 6.14. The zero-order chi connectivity index (χ0) is 20.1. The lowest BCUT2D eigenvalue weighted by molar-refractivity contribution is -0.383. The molecule has 0 spiro atoms. The van der Waals surface area contributed by atoms with Crippen molar-refractivity contribution >= 4 is 39.2 Å². The van der Waals surface area contributed by atoms with Crippen molar-refractivity contribution in [2.75, 3.05) is 44.1 Å². The molecular formula is C16H19BrN8O3. The molecule has 1 aliphatic rings. The summed E-state index contributed by atoms with van der Waals surface area (Å²) < 4.78 is 0.601. The molecule has 2 aromatic rings. The van der Waals surface area contributed by atoms with Crippen molar-refractivity contribution < 1.29 is 9.72 Å². The van der Waals surface area contributed by atoms with E-state index in [1.165, 1.54) is 6.33 Å². The number of carbonyl (C=O) groups excluding carboxylic acids is 1. The first-order chi connectivity index (χ1) is 13.5. The van der Waals surface area contributed by atoms with Gasteiger partial charge in [0, 0.05) is 30.7 Å². The number of nitro groups is 1. The summed E-state index contributed by atoms with van der Waals surface area (Å²) in [5.41, 5.74) is 7.95. The summed E-state index contributed by atoms with van der Waals surface area (Å²) in [7, 11) is 2.01. The molecule has 1 fully saturated rings. The molecule has 0 bridgehead atoms. The summed E-state index contributed by atoms with van der Waals surface area (Å²) in [5, 5.41) is 13.5. The molecule has 148 valence electrons. The number of anilines is 2. The average molecular weight is 451 g/mol. The second-order valence-corrected chi connectivity index (χ2v) is 6.99. The zero-order valence-electron chi connectivity index (χ0n) is 15.1. The first-order valence-corrected chi connectivity index (χ1v) is 9.25. The van der Waals surface area contributed by atoms with Gasteiger partial charge in [-0.3, -0.25) is 31.2 Å². The van der Waals surface area contributed by atoms with Crippen LogP contribution in [0.4, 0.5) is 17.3 Å².